The van der Waals surface area contributed by atoms with Crippen molar-refractivity contribution < 1.29 is 28.9 Å². The molecule has 10 nitrogen and oxygen atoms in total. The number of ether oxygens (including phenoxy) is 3. The van der Waals surface area contributed by atoms with Crippen molar-refractivity contribution in [3.05, 3.63) is 33.1 Å². The minimum absolute atomic E-state index is 0.0306. The molecule has 1 aliphatic rings. The van der Waals surface area contributed by atoms with Crippen LogP contribution in [0.25, 0.3) is 0 Å². The Bertz CT molecular complexity index is 1010. The minimum Gasteiger partial charge on any atom is -0.463 e. The lowest BCUT2D eigenvalue weighted by Crippen LogP contribution is -2.50. The van der Waals surface area contributed by atoms with E-state index in [2.05, 4.69) is 10.9 Å². The molecule has 2 rings (SSSR count). The Morgan fingerprint density at radius 1 is 1.25 bits per heavy atom. The van der Waals surface area contributed by atoms with Crippen molar-refractivity contribution in [3.63, 3.8) is 0 Å². The van der Waals surface area contributed by atoms with E-state index in [1.165, 1.54) is 0 Å². The molecule has 1 aromatic heterocycles. The van der Waals surface area contributed by atoms with E-state index < -0.39 is 47.2 Å². The highest BCUT2D eigenvalue weighted by molar-refractivity contribution is 6.30. The lowest BCUT2D eigenvalue weighted by Gasteiger charge is -2.29. The summed E-state index contributed by atoms with van der Waals surface area (Å²) < 4.78 is 17.4. The first-order chi connectivity index (χ1) is 15.0. The van der Waals surface area contributed by atoms with Gasteiger partial charge in [-0.2, -0.15) is 0 Å². The Hall–Kier alpha value is -2.61. The molecule has 0 saturated carbocycles. The van der Waals surface area contributed by atoms with E-state index in [9.17, 15) is 24.3 Å². The van der Waals surface area contributed by atoms with Gasteiger partial charge in [0.2, 0.25) is 5.60 Å². The van der Waals surface area contributed by atoms with Crippen LogP contribution in [0.3, 0.4) is 0 Å². The molecular formula is C21H27ClN2O8. The Balaban J connectivity index is 2.43. The number of nitrogens with one attached hydrogen (secondary N) is 1. The first-order valence-electron chi connectivity index (χ1n) is 10.1. The van der Waals surface area contributed by atoms with E-state index in [4.69, 9.17) is 25.8 Å². The monoisotopic (exact) mass is 470 g/mol. The molecule has 4 atom stereocenters. The molecular weight excluding hydrogens is 444 g/mol. The number of aromatic amines is 1. The fourth-order valence-electron chi connectivity index (χ4n) is 3.25. The number of nitrogens with zero attached hydrogens (tertiary/aromatic N) is 1. The van der Waals surface area contributed by atoms with E-state index in [-0.39, 0.29) is 31.3 Å². The maximum atomic E-state index is 12.4. The maximum absolute atomic E-state index is 12.4. The quantitative estimate of drug-likeness (QED) is 0.422. The van der Waals surface area contributed by atoms with Crippen molar-refractivity contribution in [1.29, 1.82) is 0 Å². The van der Waals surface area contributed by atoms with Crippen LogP contribution in [0.4, 0.5) is 0 Å². The van der Waals surface area contributed by atoms with Crippen LogP contribution in [0.1, 0.15) is 46.8 Å². The SMILES string of the molecule is CC(C)CC(=O)OC[C@H]1O[C@@H](n2ccc(=O)[nH]c2=O)[C@@](O)(C#CCl)[C@@H]1OC(=O)CC(C)C. The van der Waals surface area contributed by atoms with E-state index >= 15 is 0 Å². The number of aromatic nitrogens is 2. The van der Waals surface area contributed by atoms with Crippen LogP contribution in [0.15, 0.2) is 21.9 Å². The van der Waals surface area contributed by atoms with Gasteiger partial charge in [-0.05, 0) is 29.4 Å². The van der Waals surface area contributed by atoms with Gasteiger partial charge >= 0.3 is 17.6 Å². The summed E-state index contributed by atoms with van der Waals surface area (Å²) in [4.78, 5) is 50.2. The van der Waals surface area contributed by atoms with Crippen molar-refractivity contribution in [1.82, 2.24) is 9.55 Å². The smallest absolute Gasteiger partial charge is 0.330 e. The Labute approximate surface area is 189 Å². The number of carbonyl (C=O) groups is 2. The van der Waals surface area contributed by atoms with Crippen molar-refractivity contribution in [2.24, 2.45) is 11.8 Å². The standard InChI is InChI=1S/C21H27ClN2O8/c1-12(2)9-16(26)30-11-14-18(32-17(27)10-13(3)4)21(29,6-7-22)19(31-14)24-8-5-15(25)23-20(24)28/h5,8,12-14,18-19,29H,9-11H2,1-4H3,(H,23,25,28)/t14-,18-,19-,21-/m1/s1. The fourth-order valence-corrected chi connectivity index (χ4v) is 3.40. The van der Waals surface area contributed by atoms with E-state index in [1.807, 2.05) is 33.1 Å². The van der Waals surface area contributed by atoms with Crippen LogP contribution < -0.4 is 11.2 Å². The summed E-state index contributed by atoms with van der Waals surface area (Å²) in [5, 5.41) is 13.4. The summed E-state index contributed by atoms with van der Waals surface area (Å²) in [6.07, 6.45) is -2.80. The fraction of sp³-hybridized carbons (Fsp3) is 0.619. The van der Waals surface area contributed by atoms with Gasteiger partial charge in [-0.25, -0.2) is 4.79 Å². The van der Waals surface area contributed by atoms with Crippen molar-refractivity contribution in [3.8, 4) is 11.3 Å². The van der Waals surface area contributed by atoms with Gasteiger partial charge in [-0.15, -0.1) is 0 Å². The van der Waals surface area contributed by atoms with Crippen LogP contribution in [-0.4, -0.2) is 51.0 Å². The van der Waals surface area contributed by atoms with Crippen LogP contribution >= 0.6 is 11.6 Å². The van der Waals surface area contributed by atoms with Crippen LogP contribution in [0.5, 0.6) is 0 Å². The minimum atomic E-state index is -2.27. The van der Waals surface area contributed by atoms with Crippen LogP contribution in [0, 0.1) is 23.1 Å². The predicted molar refractivity (Wildman–Crippen MR) is 114 cm³/mol. The number of halogens is 1. The van der Waals surface area contributed by atoms with Crippen molar-refractivity contribution in [2.45, 2.75) is 64.6 Å². The highest BCUT2D eigenvalue weighted by Gasteiger charge is 2.59. The maximum Gasteiger partial charge on any atom is 0.330 e. The van der Waals surface area contributed by atoms with Crippen molar-refractivity contribution in [2.75, 3.05) is 6.61 Å². The average Bonchev–Trinajstić information content (AvgIpc) is 2.91. The van der Waals surface area contributed by atoms with Crippen LogP contribution in [0.2, 0.25) is 0 Å². The second kappa shape index (κ2) is 10.8. The molecule has 1 aliphatic heterocycles. The van der Waals surface area contributed by atoms with Gasteiger partial charge in [0.05, 0.1) is 0 Å². The number of hydrogen-bond acceptors (Lipinski definition) is 8. The average molecular weight is 471 g/mol. The summed E-state index contributed by atoms with van der Waals surface area (Å²) in [6.45, 7) is 6.94. The summed E-state index contributed by atoms with van der Waals surface area (Å²) >= 11 is 5.56. The first kappa shape index (κ1) is 25.6. The summed E-state index contributed by atoms with van der Waals surface area (Å²) in [6, 6.07) is 1.05. The molecule has 0 spiro atoms. The number of rotatable bonds is 8. The molecule has 0 bridgehead atoms. The number of hydrogen-bond donors (Lipinski definition) is 2. The molecule has 0 radical (unpaired) electrons. The molecule has 32 heavy (non-hydrogen) atoms. The van der Waals surface area contributed by atoms with Gasteiger partial charge in [0.15, 0.2) is 12.3 Å². The normalized spacial score (nSPS) is 24.8. The Kier molecular flexibility index (Phi) is 8.66. The van der Waals surface area contributed by atoms with Gasteiger partial charge in [-0.1, -0.05) is 27.7 Å². The number of carbonyl (C=O) groups excluding carboxylic acids is 2. The van der Waals surface area contributed by atoms with E-state index in [0.29, 0.717) is 0 Å². The molecule has 11 heteroatoms. The Morgan fingerprint density at radius 3 is 2.44 bits per heavy atom. The third kappa shape index (κ3) is 6.22. The zero-order valence-corrected chi connectivity index (χ0v) is 19.0. The number of esters is 2. The molecule has 1 saturated heterocycles. The van der Waals surface area contributed by atoms with Crippen LogP contribution in [-0.2, 0) is 23.8 Å². The van der Waals surface area contributed by atoms with E-state index in [0.717, 1.165) is 16.8 Å². The molecule has 0 unspecified atom stereocenters. The molecule has 0 aromatic carbocycles. The molecule has 0 aliphatic carbocycles. The summed E-state index contributed by atoms with van der Waals surface area (Å²) in [5.74, 6) is 1.22. The lowest BCUT2D eigenvalue weighted by atomic mass is 9.94. The zero-order valence-electron chi connectivity index (χ0n) is 18.3. The third-order valence-electron chi connectivity index (χ3n) is 4.62. The second-order valence-electron chi connectivity index (χ2n) is 8.38. The zero-order chi connectivity index (χ0) is 24.1. The second-order valence-corrected chi connectivity index (χ2v) is 8.57. The first-order valence-corrected chi connectivity index (χ1v) is 10.5. The predicted octanol–water partition coefficient (Wildman–Crippen LogP) is 0.912. The van der Waals surface area contributed by atoms with Gasteiger partial charge in [0.1, 0.15) is 12.7 Å². The number of H-pyrrole nitrogens is 1. The highest BCUT2D eigenvalue weighted by atomic mass is 35.5. The summed E-state index contributed by atoms with van der Waals surface area (Å²) in [7, 11) is 0. The molecule has 1 fully saturated rings. The van der Waals surface area contributed by atoms with Crippen molar-refractivity contribution >= 4 is 23.5 Å². The molecule has 1 aromatic rings. The molecule has 176 valence electrons. The van der Waals surface area contributed by atoms with Gasteiger partial charge in [-0.3, -0.25) is 23.9 Å². The molecule has 2 N–H and O–H groups in total. The molecule has 0 amide bonds. The van der Waals surface area contributed by atoms with Gasteiger partial charge in [0, 0.05) is 30.5 Å². The highest BCUT2D eigenvalue weighted by Crippen LogP contribution is 2.40. The largest absolute Gasteiger partial charge is 0.463 e. The van der Waals surface area contributed by atoms with Gasteiger partial charge < -0.3 is 19.3 Å². The lowest BCUT2D eigenvalue weighted by molar-refractivity contribution is -0.163. The van der Waals surface area contributed by atoms with E-state index in [1.54, 1.807) is 0 Å². The topological polar surface area (TPSA) is 137 Å². The Morgan fingerprint density at radius 2 is 1.88 bits per heavy atom. The summed E-state index contributed by atoms with van der Waals surface area (Å²) in [5.41, 5.74) is -3.82. The van der Waals surface area contributed by atoms with Gasteiger partial charge in [0.25, 0.3) is 5.56 Å². The number of aliphatic hydroxyl groups is 1. The third-order valence-corrected chi connectivity index (χ3v) is 4.71. The molecule has 2 heterocycles.